The van der Waals surface area contributed by atoms with Crippen molar-refractivity contribution in [1.29, 1.82) is 0 Å². The molecule has 0 aliphatic carbocycles. The molecule has 0 saturated carbocycles. The second-order valence-electron chi connectivity index (χ2n) is 7.36. The van der Waals surface area contributed by atoms with Crippen molar-refractivity contribution in [3.05, 3.63) is 52.5 Å². The largest absolute Gasteiger partial charge is 0.482 e. The minimum Gasteiger partial charge on any atom is -0.482 e. The molecule has 2 rings (SSSR count). The number of alkyl carbamates (subject to hydrolysis) is 1. The predicted octanol–water partition coefficient (Wildman–Crippen LogP) is 4.47. The minimum absolute atomic E-state index is 0.283. The Labute approximate surface area is 190 Å². The van der Waals surface area contributed by atoms with Gasteiger partial charge in [-0.2, -0.15) is 0 Å². The maximum atomic E-state index is 12.3. The molecule has 0 aliphatic rings. The lowest BCUT2D eigenvalue weighted by Crippen LogP contribution is -2.37. The van der Waals surface area contributed by atoms with Crippen LogP contribution in [0.15, 0.2) is 42.5 Å². The summed E-state index contributed by atoms with van der Waals surface area (Å²) in [6, 6.07) is 11.3. The molecule has 0 spiro atoms. The molecule has 10 heteroatoms. The van der Waals surface area contributed by atoms with Gasteiger partial charge >= 0.3 is 6.09 Å². The molecule has 0 radical (unpaired) electrons. The van der Waals surface area contributed by atoms with Gasteiger partial charge in [0, 0.05) is 5.02 Å². The van der Waals surface area contributed by atoms with Gasteiger partial charge in [-0.25, -0.2) is 4.79 Å². The molecule has 3 N–H and O–H groups in total. The summed E-state index contributed by atoms with van der Waals surface area (Å²) in [6.45, 7) is 4.56. The number of para-hydroxylation sites is 2. The first-order valence-electron chi connectivity index (χ1n) is 9.27. The van der Waals surface area contributed by atoms with Crippen LogP contribution in [0.2, 0.25) is 10.0 Å². The Morgan fingerprint density at radius 3 is 2.13 bits per heavy atom. The lowest BCUT2D eigenvalue weighted by Gasteiger charge is -2.19. The molecule has 0 aliphatic heterocycles. The highest BCUT2D eigenvalue weighted by Gasteiger charge is 2.17. The number of amides is 3. The normalized spacial score (nSPS) is 10.7. The van der Waals surface area contributed by atoms with Crippen LogP contribution in [0.5, 0.6) is 5.75 Å². The molecule has 3 amide bonds. The summed E-state index contributed by atoms with van der Waals surface area (Å²) in [4.78, 5) is 36.1. The van der Waals surface area contributed by atoms with Crippen LogP contribution >= 0.6 is 23.2 Å². The number of benzene rings is 2. The Morgan fingerprint density at radius 1 is 0.935 bits per heavy atom. The predicted molar refractivity (Wildman–Crippen MR) is 120 cm³/mol. The zero-order valence-corrected chi connectivity index (χ0v) is 18.8. The number of rotatable bonds is 7. The van der Waals surface area contributed by atoms with Crippen molar-refractivity contribution in [3.8, 4) is 5.75 Å². The van der Waals surface area contributed by atoms with E-state index in [9.17, 15) is 14.4 Å². The van der Waals surface area contributed by atoms with Crippen LogP contribution in [0.1, 0.15) is 20.8 Å². The molecule has 2 aromatic rings. The molecule has 8 nitrogen and oxygen atoms in total. The van der Waals surface area contributed by atoms with Crippen LogP contribution in [-0.4, -0.2) is 36.7 Å². The van der Waals surface area contributed by atoms with Crippen LogP contribution in [0, 0.1) is 0 Å². The van der Waals surface area contributed by atoms with Crippen molar-refractivity contribution in [2.75, 3.05) is 23.8 Å². The van der Waals surface area contributed by atoms with E-state index in [0.717, 1.165) is 0 Å². The number of anilines is 2. The van der Waals surface area contributed by atoms with Crippen molar-refractivity contribution >= 4 is 52.5 Å². The lowest BCUT2D eigenvalue weighted by atomic mass is 10.2. The summed E-state index contributed by atoms with van der Waals surface area (Å²) in [6.07, 6.45) is -0.706. The average molecular weight is 468 g/mol. The molecule has 0 bridgehead atoms. The van der Waals surface area contributed by atoms with E-state index in [1.807, 2.05) is 0 Å². The number of carbonyl (C=O) groups excluding carboxylic acids is 3. The Balaban J connectivity index is 1.90. The molecule has 166 valence electrons. The monoisotopic (exact) mass is 467 g/mol. The van der Waals surface area contributed by atoms with Crippen molar-refractivity contribution in [3.63, 3.8) is 0 Å². The smallest absolute Gasteiger partial charge is 0.408 e. The topological polar surface area (TPSA) is 106 Å². The summed E-state index contributed by atoms with van der Waals surface area (Å²) in [7, 11) is 0. The van der Waals surface area contributed by atoms with E-state index in [1.54, 1.807) is 57.2 Å². The van der Waals surface area contributed by atoms with E-state index < -0.39 is 23.5 Å². The summed E-state index contributed by atoms with van der Waals surface area (Å²) in [5.41, 5.74) is 0.0516. The Hall–Kier alpha value is -2.97. The van der Waals surface area contributed by atoms with Gasteiger partial charge in [-0.15, -0.1) is 0 Å². The number of hydrogen-bond acceptors (Lipinski definition) is 5. The first kappa shape index (κ1) is 24.3. The summed E-state index contributed by atoms with van der Waals surface area (Å²) >= 11 is 11.8. The third kappa shape index (κ3) is 8.74. The van der Waals surface area contributed by atoms with Gasteiger partial charge in [-0.1, -0.05) is 35.3 Å². The maximum absolute atomic E-state index is 12.3. The van der Waals surface area contributed by atoms with Gasteiger partial charge in [0.05, 0.1) is 16.4 Å². The van der Waals surface area contributed by atoms with E-state index >= 15 is 0 Å². The fourth-order valence-electron chi connectivity index (χ4n) is 2.28. The van der Waals surface area contributed by atoms with Crippen molar-refractivity contribution in [2.24, 2.45) is 0 Å². The lowest BCUT2D eigenvalue weighted by molar-refractivity contribution is -0.118. The van der Waals surface area contributed by atoms with Crippen molar-refractivity contribution in [1.82, 2.24) is 5.32 Å². The quantitative estimate of drug-likeness (QED) is 0.556. The molecule has 0 atom stereocenters. The Morgan fingerprint density at radius 2 is 1.55 bits per heavy atom. The Bertz CT molecular complexity index is 960. The summed E-state index contributed by atoms with van der Waals surface area (Å²) in [5, 5.41) is 8.37. The van der Waals surface area contributed by atoms with E-state index in [0.29, 0.717) is 22.1 Å². The molecule has 0 saturated heterocycles. The highest BCUT2D eigenvalue weighted by Crippen LogP contribution is 2.27. The van der Waals surface area contributed by atoms with Gasteiger partial charge in [0.25, 0.3) is 5.91 Å². The Kier molecular flexibility index (Phi) is 8.53. The van der Waals surface area contributed by atoms with Crippen molar-refractivity contribution in [2.45, 2.75) is 26.4 Å². The number of hydrogen-bond donors (Lipinski definition) is 3. The molecule has 0 heterocycles. The zero-order valence-electron chi connectivity index (χ0n) is 17.3. The molecule has 0 fully saturated rings. The highest BCUT2D eigenvalue weighted by molar-refractivity contribution is 6.35. The molecule has 0 unspecified atom stereocenters. The zero-order chi connectivity index (χ0) is 23.0. The van der Waals surface area contributed by atoms with E-state index in [1.165, 1.54) is 6.07 Å². The summed E-state index contributed by atoms with van der Waals surface area (Å²) < 4.78 is 10.5. The summed E-state index contributed by atoms with van der Waals surface area (Å²) in [5.74, 6) is -0.632. The standard InChI is InChI=1S/C21H23Cl2N3O5/c1-21(2,3)31-20(29)24-11-18(27)25-15-6-4-5-7-16(15)26-19(28)12-30-17-9-8-13(22)10-14(17)23/h4-10H,11-12H2,1-3H3,(H,24,29)(H,25,27)(H,26,28). The fraction of sp³-hybridized carbons (Fsp3) is 0.286. The van der Waals surface area contributed by atoms with Gasteiger partial charge in [-0.05, 0) is 51.1 Å². The van der Waals surface area contributed by atoms with Crippen LogP contribution in [-0.2, 0) is 14.3 Å². The SMILES string of the molecule is CC(C)(C)OC(=O)NCC(=O)Nc1ccccc1NC(=O)COc1ccc(Cl)cc1Cl. The van der Waals surface area contributed by atoms with Gasteiger partial charge in [0.1, 0.15) is 17.9 Å². The van der Waals surface area contributed by atoms with Gasteiger partial charge in [0.2, 0.25) is 5.91 Å². The second-order valence-corrected chi connectivity index (χ2v) is 8.20. The van der Waals surface area contributed by atoms with E-state index in [-0.39, 0.29) is 18.2 Å². The number of carbonyl (C=O) groups is 3. The fourth-order valence-corrected chi connectivity index (χ4v) is 2.75. The number of ether oxygens (including phenoxy) is 2. The molecular formula is C21H23Cl2N3O5. The van der Waals surface area contributed by atoms with E-state index in [4.69, 9.17) is 32.7 Å². The van der Waals surface area contributed by atoms with Crippen LogP contribution in [0.4, 0.5) is 16.2 Å². The maximum Gasteiger partial charge on any atom is 0.408 e. The third-order valence-electron chi connectivity index (χ3n) is 3.52. The molecule has 31 heavy (non-hydrogen) atoms. The van der Waals surface area contributed by atoms with Crippen molar-refractivity contribution < 1.29 is 23.9 Å². The van der Waals surface area contributed by atoms with Crippen LogP contribution in [0.25, 0.3) is 0 Å². The number of nitrogens with one attached hydrogen (secondary N) is 3. The van der Waals surface area contributed by atoms with Crippen LogP contribution in [0.3, 0.4) is 0 Å². The minimum atomic E-state index is -0.706. The second kappa shape index (κ2) is 10.9. The van der Waals surface area contributed by atoms with Gasteiger partial charge in [0.15, 0.2) is 6.61 Å². The molecular weight excluding hydrogens is 445 g/mol. The third-order valence-corrected chi connectivity index (χ3v) is 4.05. The number of halogens is 2. The van der Waals surface area contributed by atoms with E-state index in [2.05, 4.69) is 16.0 Å². The molecule has 2 aromatic carbocycles. The van der Waals surface area contributed by atoms with Gasteiger partial charge < -0.3 is 25.4 Å². The highest BCUT2D eigenvalue weighted by atomic mass is 35.5. The average Bonchev–Trinajstić information content (AvgIpc) is 2.66. The van der Waals surface area contributed by atoms with Gasteiger partial charge in [-0.3, -0.25) is 9.59 Å². The molecule has 0 aromatic heterocycles. The first-order chi connectivity index (χ1) is 14.5. The first-order valence-corrected chi connectivity index (χ1v) is 10.0. The van der Waals surface area contributed by atoms with Crippen LogP contribution < -0.4 is 20.7 Å².